The molecular formula is C22H26N4O5. The number of carbonyl (C=O) groups is 3. The first kappa shape index (κ1) is 22.1. The number of rotatable bonds is 7. The molecule has 0 aliphatic carbocycles. The minimum Gasteiger partial charge on any atom is -0.483 e. The summed E-state index contributed by atoms with van der Waals surface area (Å²) in [4.78, 5) is 44.1. The lowest BCUT2D eigenvalue weighted by Crippen LogP contribution is -2.35. The zero-order valence-electron chi connectivity index (χ0n) is 17.5. The number of hydrogen-bond acceptors (Lipinski definition) is 7. The molecule has 1 aromatic carbocycles. The Bertz CT molecular complexity index is 932. The highest BCUT2D eigenvalue weighted by Crippen LogP contribution is 2.22. The fourth-order valence-corrected chi connectivity index (χ4v) is 3.35. The molecule has 31 heavy (non-hydrogen) atoms. The van der Waals surface area contributed by atoms with Crippen molar-refractivity contribution in [3.63, 3.8) is 0 Å². The van der Waals surface area contributed by atoms with Gasteiger partial charge in [0.05, 0.1) is 17.7 Å². The van der Waals surface area contributed by atoms with Crippen LogP contribution in [0, 0.1) is 0 Å². The topological polar surface area (TPSA) is 115 Å². The number of anilines is 1. The molecule has 3 rings (SSSR count). The molecule has 9 nitrogen and oxygen atoms in total. The van der Waals surface area contributed by atoms with Crippen LogP contribution in [0.4, 0.5) is 5.82 Å². The van der Waals surface area contributed by atoms with Crippen molar-refractivity contribution < 1.29 is 23.9 Å². The van der Waals surface area contributed by atoms with Crippen LogP contribution in [0.1, 0.15) is 34.1 Å². The molecule has 1 aliphatic heterocycles. The Morgan fingerprint density at radius 2 is 1.87 bits per heavy atom. The Balaban J connectivity index is 1.66. The first-order valence-corrected chi connectivity index (χ1v) is 10.2. The van der Waals surface area contributed by atoms with E-state index in [4.69, 9.17) is 15.2 Å². The highest BCUT2D eigenvalue weighted by molar-refractivity contribution is 5.97. The first-order valence-electron chi connectivity index (χ1n) is 10.2. The van der Waals surface area contributed by atoms with E-state index in [1.54, 1.807) is 48.2 Å². The molecule has 2 amide bonds. The van der Waals surface area contributed by atoms with Crippen LogP contribution in [0.2, 0.25) is 0 Å². The Morgan fingerprint density at radius 1 is 1.06 bits per heavy atom. The summed E-state index contributed by atoms with van der Waals surface area (Å²) in [7, 11) is 0. The summed E-state index contributed by atoms with van der Waals surface area (Å²) in [5.41, 5.74) is 5.95. The van der Waals surface area contributed by atoms with Gasteiger partial charge in [-0.3, -0.25) is 9.59 Å². The van der Waals surface area contributed by atoms with Gasteiger partial charge in [0, 0.05) is 32.4 Å². The fourth-order valence-electron chi connectivity index (χ4n) is 3.35. The summed E-state index contributed by atoms with van der Waals surface area (Å²) in [6.45, 7) is 4.20. The Kier molecular flexibility index (Phi) is 7.42. The van der Waals surface area contributed by atoms with Crippen LogP contribution in [-0.2, 0) is 9.53 Å². The number of nitrogens with zero attached hydrogens (tertiary/aromatic N) is 3. The Morgan fingerprint density at radius 3 is 2.58 bits per heavy atom. The number of esters is 1. The summed E-state index contributed by atoms with van der Waals surface area (Å²) in [6.07, 6.45) is 2.27. The van der Waals surface area contributed by atoms with Gasteiger partial charge in [-0.25, -0.2) is 9.78 Å². The predicted octanol–water partition coefficient (Wildman–Crippen LogP) is 1.47. The van der Waals surface area contributed by atoms with Crippen LogP contribution in [-0.4, -0.2) is 67.1 Å². The summed E-state index contributed by atoms with van der Waals surface area (Å²) < 4.78 is 10.4. The number of aromatic nitrogens is 1. The first-order chi connectivity index (χ1) is 15.0. The molecule has 164 valence electrons. The van der Waals surface area contributed by atoms with E-state index in [9.17, 15) is 14.4 Å². The van der Waals surface area contributed by atoms with E-state index in [1.807, 2.05) is 0 Å². The van der Waals surface area contributed by atoms with Crippen LogP contribution in [0.5, 0.6) is 5.75 Å². The van der Waals surface area contributed by atoms with E-state index >= 15 is 0 Å². The molecule has 0 radical (unpaired) electrons. The number of benzene rings is 1. The number of nitrogens with two attached hydrogens (primary N) is 1. The fraction of sp³-hybridized carbons (Fsp3) is 0.364. The number of primary amides is 1. The van der Waals surface area contributed by atoms with E-state index in [0.29, 0.717) is 43.1 Å². The third kappa shape index (κ3) is 5.71. The van der Waals surface area contributed by atoms with Gasteiger partial charge in [-0.15, -0.1) is 0 Å². The molecule has 2 heterocycles. The number of amides is 2. The molecule has 9 heteroatoms. The van der Waals surface area contributed by atoms with Crippen molar-refractivity contribution in [3.05, 3.63) is 53.7 Å². The van der Waals surface area contributed by atoms with Gasteiger partial charge in [-0.1, -0.05) is 12.1 Å². The maximum absolute atomic E-state index is 13.1. The molecule has 1 saturated heterocycles. The molecular weight excluding hydrogens is 400 g/mol. The lowest BCUT2D eigenvalue weighted by molar-refractivity contribution is -0.119. The largest absolute Gasteiger partial charge is 0.483 e. The van der Waals surface area contributed by atoms with E-state index in [-0.39, 0.29) is 12.5 Å². The number of ether oxygens (including phenoxy) is 2. The predicted molar refractivity (Wildman–Crippen MR) is 114 cm³/mol. The zero-order valence-corrected chi connectivity index (χ0v) is 17.5. The Hall–Kier alpha value is -3.62. The SMILES string of the molecule is CCOC(=O)c1ccc(N2CCCN(C(=O)c3ccccc3OCC(N)=O)CC2)nc1. The van der Waals surface area contributed by atoms with Crippen molar-refractivity contribution in [2.75, 3.05) is 44.3 Å². The third-order valence-electron chi connectivity index (χ3n) is 4.85. The molecule has 0 atom stereocenters. The lowest BCUT2D eigenvalue weighted by atomic mass is 10.1. The second-order valence-corrected chi connectivity index (χ2v) is 7.01. The summed E-state index contributed by atoms with van der Waals surface area (Å²) in [5, 5.41) is 0. The number of carbonyl (C=O) groups excluding carboxylic acids is 3. The monoisotopic (exact) mass is 426 g/mol. The van der Waals surface area contributed by atoms with Gasteiger partial charge in [-0.2, -0.15) is 0 Å². The molecule has 0 saturated carbocycles. The molecule has 0 unspecified atom stereocenters. The molecule has 0 bridgehead atoms. The van der Waals surface area contributed by atoms with E-state index in [0.717, 1.165) is 18.8 Å². The van der Waals surface area contributed by atoms with Crippen molar-refractivity contribution in [2.45, 2.75) is 13.3 Å². The van der Waals surface area contributed by atoms with Crippen molar-refractivity contribution >= 4 is 23.6 Å². The lowest BCUT2D eigenvalue weighted by Gasteiger charge is -2.23. The molecule has 1 fully saturated rings. The maximum Gasteiger partial charge on any atom is 0.339 e. The van der Waals surface area contributed by atoms with Crippen molar-refractivity contribution in [1.82, 2.24) is 9.88 Å². The molecule has 1 aromatic heterocycles. The number of para-hydroxylation sites is 1. The van der Waals surface area contributed by atoms with E-state index < -0.39 is 11.9 Å². The van der Waals surface area contributed by atoms with Crippen LogP contribution < -0.4 is 15.4 Å². The molecule has 2 aromatic rings. The minimum atomic E-state index is -0.603. The zero-order chi connectivity index (χ0) is 22.2. The quantitative estimate of drug-likeness (QED) is 0.667. The van der Waals surface area contributed by atoms with Gasteiger partial charge in [0.25, 0.3) is 11.8 Å². The summed E-state index contributed by atoms with van der Waals surface area (Å²) >= 11 is 0. The third-order valence-corrected chi connectivity index (χ3v) is 4.85. The molecule has 1 aliphatic rings. The second-order valence-electron chi connectivity index (χ2n) is 7.01. The van der Waals surface area contributed by atoms with Gasteiger partial charge in [-0.05, 0) is 37.6 Å². The number of hydrogen-bond donors (Lipinski definition) is 1. The van der Waals surface area contributed by atoms with Crippen LogP contribution in [0.25, 0.3) is 0 Å². The normalized spacial score (nSPS) is 14.0. The standard InChI is InChI=1S/C22H26N4O5/c1-2-30-22(29)16-8-9-20(24-14-16)25-10-5-11-26(13-12-25)21(28)17-6-3-4-7-18(17)31-15-19(23)27/h3-4,6-9,14H,2,5,10-13,15H2,1H3,(H2,23,27). The van der Waals surface area contributed by atoms with Crippen molar-refractivity contribution in [1.29, 1.82) is 0 Å². The minimum absolute atomic E-state index is 0.160. The van der Waals surface area contributed by atoms with Crippen LogP contribution in [0.3, 0.4) is 0 Å². The van der Waals surface area contributed by atoms with E-state index in [2.05, 4.69) is 9.88 Å². The highest BCUT2D eigenvalue weighted by Gasteiger charge is 2.23. The maximum atomic E-state index is 13.1. The average Bonchev–Trinajstić information content (AvgIpc) is 3.04. The number of pyridine rings is 1. The van der Waals surface area contributed by atoms with Gasteiger partial charge >= 0.3 is 5.97 Å². The molecule has 0 spiro atoms. The van der Waals surface area contributed by atoms with Crippen molar-refractivity contribution in [2.24, 2.45) is 5.73 Å². The van der Waals surface area contributed by atoms with Crippen LogP contribution >= 0.6 is 0 Å². The average molecular weight is 426 g/mol. The molecule has 2 N–H and O–H groups in total. The van der Waals surface area contributed by atoms with Gasteiger partial charge < -0.3 is 25.0 Å². The highest BCUT2D eigenvalue weighted by atomic mass is 16.5. The Labute approximate surface area is 180 Å². The van der Waals surface area contributed by atoms with E-state index in [1.165, 1.54) is 6.20 Å². The van der Waals surface area contributed by atoms with Gasteiger partial charge in [0.15, 0.2) is 6.61 Å². The summed E-state index contributed by atoms with van der Waals surface area (Å²) in [5.74, 6) is -0.0794. The second kappa shape index (κ2) is 10.4. The van der Waals surface area contributed by atoms with Gasteiger partial charge in [0.2, 0.25) is 0 Å². The summed E-state index contributed by atoms with van der Waals surface area (Å²) in [6, 6.07) is 10.3. The van der Waals surface area contributed by atoms with Gasteiger partial charge in [0.1, 0.15) is 11.6 Å². The van der Waals surface area contributed by atoms with Crippen molar-refractivity contribution in [3.8, 4) is 5.75 Å². The smallest absolute Gasteiger partial charge is 0.339 e. The van der Waals surface area contributed by atoms with Crippen LogP contribution in [0.15, 0.2) is 42.6 Å².